The number of benzene rings is 2. The molecule has 28 heavy (non-hydrogen) atoms. The monoisotopic (exact) mass is 380 g/mol. The number of fused-ring (bicyclic) bond motifs is 2. The molecule has 0 unspecified atom stereocenters. The molecule has 0 fully saturated rings. The molecule has 1 N–H and O–H groups in total. The predicted octanol–water partition coefficient (Wildman–Crippen LogP) is 3.01. The first kappa shape index (κ1) is 17.3. The number of carboxylic acids is 1. The molecule has 8 nitrogen and oxygen atoms in total. The van der Waals surface area contributed by atoms with Crippen LogP contribution in [0.3, 0.4) is 0 Å². The summed E-state index contributed by atoms with van der Waals surface area (Å²) in [4.78, 5) is 35.4. The maximum absolute atomic E-state index is 12.3. The summed E-state index contributed by atoms with van der Waals surface area (Å²) in [5.41, 5.74) is -0.367. The van der Waals surface area contributed by atoms with Crippen molar-refractivity contribution >= 4 is 27.9 Å². The van der Waals surface area contributed by atoms with Crippen LogP contribution in [0.2, 0.25) is 0 Å². The zero-order chi connectivity index (χ0) is 19.7. The molecule has 0 aliphatic carbocycles. The Morgan fingerprint density at radius 1 is 0.893 bits per heavy atom. The lowest BCUT2D eigenvalue weighted by atomic mass is 10.2. The smallest absolute Gasteiger partial charge is 0.371 e. The standard InChI is InChI=1S/C20H12O8/c21-11-7-8-25-13-3-1-4-14(18(11)13)26-10-27-15-5-2-6-16-19(15)12(22)9-17(28-16)20(23)24/h1-9H,10H2,(H,23,24). The number of aromatic carboxylic acids is 1. The van der Waals surface area contributed by atoms with Crippen LogP contribution in [-0.2, 0) is 0 Å². The maximum Gasteiger partial charge on any atom is 0.371 e. The number of carbonyl (C=O) groups is 1. The van der Waals surface area contributed by atoms with Gasteiger partial charge in [-0.3, -0.25) is 9.59 Å². The molecule has 2 aromatic heterocycles. The topological polar surface area (TPSA) is 116 Å². The first-order valence-electron chi connectivity index (χ1n) is 8.11. The van der Waals surface area contributed by atoms with Crippen LogP contribution in [0.5, 0.6) is 11.5 Å². The number of hydrogen-bond donors (Lipinski definition) is 1. The molecule has 4 aromatic rings. The van der Waals surface area contributed by atoms with Crippen molar-refractivity contribution in [2.24, 2.45) is 0 Å². The molecule has 140 valence electrons. The molecule has 0 saturated heterocycles. The van der Waals surface area contributed by atoms with Gasteiger partial charge in [0.2, 0.25) is 12.6 Å². The molecule has 0 amide bonds. The molecule has 2 heterocycles. The van der Waals surface area contributed by atoms with E-state index in [0.717, 1.165) is 6.07 Å². The van der Waals surface area contributed by atoms with Crippen LogP contribution in [0.4, 0.5) is 0 Å². The van der Waals surface area contributed by atoms with Crippen molar-refractivity contribution in [2.75, 3.05) is 6.79 Å². The summed E-state index contributed by atoms with van der Waals surface area (Å²) in [7, 11) is 0. The third-order valence-corrected chi connectivity index (χ3v) is 4.00. The molecule has 4 rings (SSSR count). The van der Waals surface area contributed by atoms with Crippen LogP contribution in [0.25, 0.3) is 21.9 Å². The highest BCUT2D eigenvalue weighted by Crippen LogP contribution is 2.25. The van der Waals surface area contributed by atoms with E-state index in [1.807, 2.05) is 0 Å². The largest absolute Gasteiger partial charge is 0.475 e. The third kappa shape index (κ3) is 3.07. The number of carboxylic acid groups (broad SMARTS) is 1. The average molecular weight is 380 g/mol. The van der Waals surface area contributed by atoms with Crippen LogP contribution in [-0.4, -0.2) is 17.9 Å². The quantitative estimate of drug-likeness (QED) is 0.525. The van der Waals surface area contributed by atoms with E-state index in [4.69, 9.17) is 23.4 Å². The zero-order valence-corrected chi connectivity index (χ0v) is 14.2. The van der Waals surface area contributed by atoms with Crippen molar-refractivity contribution in [3.63, 3.8) is 0 Å². The second kappa shape index (κ2) is 6.92. The second-order valence-corrected chi connectivity index (χ2v) is 5.73. The van der Waals surface area contributed by atoms with Gasteiger partial charge in [0.05, 0.1) is 6.26 Å². The van der Waals surface area contributed by atoms with E-state index < -0.39 is 17.2 Å². The van der Waals surface area contributed by atoms with Crippen LogP contribution in [0.15, 0.2) is 73.2 Å². The van der Waals surface area contributed by atoms with Crippen molar-refractivity contribution in [1.29, 1.82) is 0 Å². The van der Waals surface area contributed by atoms with Crippen molar-refractivity contribution < 1.29 is 28.2 Å². The van der Waals surface area contributed by atoms with Gasteiger partial charge in [-0.15, -0.1) is 0 Å². The van der Waals surface area contributed by atoms with Crippen LogP contribution in [0.1, 0.15) is 10.6 Å². The molecule has 0 bridgehead atoms. The van der Waals surface area contributed by atoms with E-state index in [9.17, 15) is 14.4 Å². The predicted molar refractivity (Wildman–Crippen MR) is 98.1 cm³/mol. The molecule has 0 radical (unpaired) electrons. The Bertz CT molecular complexity index is 1310. The summed E-state index contributed by atoms with van der Waals surface area (Å²) in [5.74, 6) is -1.38. The minimum Gasteiger partial charge on any atom is -0.475 e. The zero-order valence-electron chi connectivity index (χ0n) is 14.2. The van der Waals surface area contributed by atoms with Gasteiger partial charge in [0, 0.05) is 12.1 Å². The summed E-state index contributed by atoms with van der Waals surface area (Å²) in [5, 5.41) is 9.36. The molecule has 0 saturated carbocycles. The highest BCUT2D eigenvalue weighted by Gasteiger charge is 2.14. The highest BCUT2D eigenvalue weighted by molar-refractivity contribution is 5.89. The molecule has 8 heteroatoms. The van der Waals surface area contributed by atoms with E-state index in [1.54, 1.807) is 24.3 Å². The lowest BCUT2D eigenvalue weighted by Crippen LogP contribution is -2.11. The minimum absolute atomic E-state index is 0.0770. The summed E-state index contributed by atoms with van der Waals surface area (Å²) in [6.45, 7) is -0.299. The summed E-state index contributed by atoms with van der Waals surface area (Å²) >= 11 is 0. The fourth-order valence-electron chi connectivity index (χ4n) is 2.78. The van der Waals surface area contributed by atoms with Gasteiger partial charge in [0.15, 0.2) is 10.9 Å². The first-order valence-corrected chi connectivity index (χ1v) is 8.11. The van der Waals surface area contributed by atoms with E-state index in [-0.39, 0.29) is 40.1 Å². The van der Waals surface area contributed by atoms with Crippen LogP contribution < -0.4 is 20.3 Å². The van der Waals surface area contributed by atoms with Crippen molar-refractivity contribution in [3.8, 4) is 11.5 Å². The Kier molecular flexibility index (Phi) is 4.29. The second-order valence-electron chi connectivity index (χ2n) is 5.73. The molecule has 0 atom stereocenters. The fourth-order valence-corrected chi connectivity index (χ4v) is 2.78. The summed E-state index contributed by atoms with van der Waals surface area (Å²) in [6.07, 6.45) is 1.30. The minimum atomic E-state index is -1.34. The van der Waals surface area contributed by atoms with Crippen molar-refractivity contribution in [2.45, 2.75) is 0 Å². The Labute approximate surface area is 156 Å². The van der Waals surface area contributed by atoms with Gasteiger partial charge in [-0.25, -0.2) is 4.79 Å². The normalized spacial score (nSPS) is 10.9. The van der Waals surface area contributed by atoms with E-state index in [2.05, 4.69) is 0 Å². The Hall–Kier alpha value is -4.07. The number of ether oxygens (including phenoxy) is 2. The Balaban J connectivity index is 1.63. The van der Waals surface area contributed by atoms with Crippen molar-refractivity contribution in [3.05, 3.63) is 81.0 Å². The number of rotatable bonds is 5. The van der Waals surface area contributed by atoms with Gasteiger partial charge in [0.25, 0.3) is 0 Å². The van der Waals surface area contributed by atoms with Gasteiger partial charge >= 0.3 is 5.97 Å². The molecule has 0 aliphatic rings. The van der Waals surface area contributed by atoms with Gasteiger partial charge in [-0.2, -0.15) is 0 Å². The van der Waals surface area contributed by atoms with Crippen LogP contribution in [0, 0.1) is 0 Å². The first-order chi connectivity index (χ1) is 13.5. The molecular formula is C20H12O8. The maximum atomic E-state index is 12.3. The summed E-state index contributed by atoms with van der Waals surface area (Å²) in [6, 6.07) is 11.6. The highest BCUT2D eigenvalue weighted by atomic mass is 16.7. The number of hydrogen-bond acceptors (Lipinski definition) is 7. The van der Waals surface area contributed by atoms with Gasteiger partial charge in [-0.05, 0) is 24.3 Å². The molecule has 0 aliphatic heterocycles. The fraction of sp³-hybridized carbons (Fsp3) is 0.0500. The molecule has 2 aromatic carbocycles. The third-order valence-electron chi connectivity index (χ3n) is 4.00. The molecule has 0 spiro atoms. The van der Waals surface area contributed by atoms with E-state index in [1.165, 1.54) is 24.5 Å². The molecular weight excluding hydrogens is 368 g/mol. The van der Waals surface area contributed by atoms with Crippen LogP contribution >= 0.6 is 0 Å². The van der Waals surface area contributed by atoms with E-state index in [0.29, 0.717) is 5.58 Å². The van der Waals surface area contributed by atoms with Crippen molar-refractivity contribution in [1.82, 2.24) is 0 Å². The SMILES string of the molecule is O=C(O)c1cc(=O)c2c(OCOc3cccc4occc(=O)c34)cccc2o1. The van der Waals surface area contributed by atoms with Gasteiger partial charge < -0.3 is 23.4 Å². The Morgan fingerprint density at radius 3 is 2.21 bits per heavy atom. The lowest BCUT2D eigenvalue weighted by Gasteiger charge is -2.11. The van der Waals surface area contributed by atoms with E-state index >= 15 is 0 Å². The summed E-state index contributed by atoms with van der Waals surface area (Å²) < 4.78 is 21.6. The average Bonchev–Trinajstić information content (AvgIpc) is 2.68. The van der Waals surface area contributed by atoms with Gasteiger partial charge in [-0.1, -0.05) is 12.1 Å². The lowest BCUT2D eigenvalue weighted by molar-refractivity contribution is 0.0662. The van der Waals surface area contributed by atoms with Gasteiger partial charge in [0.1, 0.15) is 33.4 Å². The Morgan fingerprint density at radius 2 is 1.54 bits per heavy atom.